The highest BCUT2D eigenvalue weighted by Gasteiger charge is 2.13. The molecule has 0 spiro atoms. The first-order chi connectivity index (χ1) is 10.2. The highest BCUT2D eigenvalue weighted by Crippen LogP contribution is 2.25. The smallest absolute Gasteiger partial charge is 0.171 e. The van der Waals surface area contributed by atoms with Crippen molar-refractivity contribution in [3.63, 3.8) is 0 Å². The molecule has 1 fully saturated rings. The van der Waals surface area contributed by atoms with E-state index in [-0.39, 0.29) is 0 Å². The standard InChI is InChI=1S/C17H26N2OS/c1-13-10-11-16(20-2)15(12-13)19-17(21)18-14-8-6-4-3-5-7-9-14/h10-12,14H,3-9H2,1-2H3,(H2,18,19,21). The Labute approximate surface area is 133 Å². The summed E-state index contributed by atoms with van der Waals surface area (Å²) in [5.74, 6) is 0.822. The van der Waals surface area contributed by atoms with E-state index in [2.05, 4.69) is 23.6 Å². The van der Waals surface area contributed by atoms with E-state index in [1.54, 1.807) is 7.11 Å². The van der Waals surface area contributed by atoms with Crippen LogP contribution in [-0.2, 0) is 0 Å². The Morgan fingerprint density at radius 3 is 2.48 bits per heavy atom. The average molecular weight is 306 g/mol. The summed E-state index contributed by atoms with van der Waals surface area (Å²) in [6.07, 6.45) is 9.12. The number of nitrogens with one attached hydrogen (secondary N) is 2. The molecule has 1 aromatic rings. The van der Waals surface area contributed by atoms with Gasteiger partial charge in [0.25, 0.3) is 0 Å². The van der Waals surface area contributed by atoms with Crippen LogP contribution in [0.1, 0.15) is 50.5 Å². The Morgan fingerprint density at radius 2 is 1.81 bits per heavy atom. The van der Waals surface area contributed by atoms with Gasteiger partial charge in [0.05, 0.1) is 12.8 Å². The molecule has 0 radical (unpaired) electrons. The number of anilines is 1. The predicted octanol–water partition coefficient (Wildman–Crippen LogP) is 4.40. The number of thiocarbonyl (C=S) groups is 1. The summed E-state index contributed by atoms with van der Waals surface area (Å²) in [6.45, 7) is 2.07. The molecule has 2 N–H and O–H groups in total. The van der Waals surface area contributed by atoms with Gasteiger partial charge < -0.3 is 15.4 Å². The molecule has 3 nitrogen and oxygen atoms in total. The monoisotopic (exact) mass is 306 g/mol. The summed E-state index contributed by atoms with van der Waals surface area (Å²) >= 11 is 5.47. The van der Waals surface area contributed by atoms with Gasteiger partial charge in [-0.15, -0.1) is 0 Å². The molecule has 4 heteroatoms. The predicted molar refractivity (Wildman–Crippen MR) is 93.2 cm³/mol. The first-order valence-electron chi connectivity index (χ1n) is 7.91. The molecule has 2 rings (SSSR count). The van der Waals surface area contributed by atoms with Gasteiger partial charge in [-0.3, -0.25) is 0 Å². The van der Waals surface area contributed by atoms with E-state index in [0.717, 1.165) is 11.4 Å². The molecule has 0 atom stereocenters. The molecule has 0 aliphatic heterocycles. The molecule has 0 aromatic heterocycles. The number of methoxy groups -OCH3 is 1. The van der Waals surface area contributed by atoms with E-state index in [9.17, 15) is 0 Å². The number of hydrogen-bond acceptors (Lipinski definition) is 2. The molecule has 1 aromatic carbocycles. The maximum Gasteiger partial charge on any atom is 0.171 e. The molecule has 0 amide bonds. The van der Waals surface area contributed by atoms with Gasteiger partial charge in [-0.2, -0.15) is 0 Å². The van der Waals surface area contributed by atoms with Crippen LogP contribution >= 0.6 is 12.2 Å². The highest BCUT2D eigenvalue weighted by atomic mass is 32.1. The van der Waals surface area contributed by atoms with Crippen LogP contribution in [0, 0.1) is 6.92 Å². The quantitative estimate of drug-likeness (QED) is 0.811. The van der Waals surface area contributed by atoms with Crippen molar-refractivity contribution in [1.82, 2.24) is 5.32 Å². The summed E-state index contributed by atoms with van der Waals surface area (Å²) in [5, 5.41) is 7.45. The number of benzene rings is 1. The first-order valence-corrected chi connectivity index (χ1v) is 8.32. The maximum atomic E-state index is 5.47. The van der Waals surface area contributed by atoms with E-state index < -0.39 is 0 Å². The second-order valence-corrected chi connectivity index (χ2v) is 6.25. The molecule has 116 valence electrons. The number of hydrogen-bond donors (Lipinski definition) is 2. The molecule has 1 aliphatic rings. The lowest BCUT2D eigenvalue weighted by Gasteiger charge is -2.23. The van der Waals surface area contributed by atoms with Gasteiger partial charge >= 0.3 is 0 Å². The van der Waals surface area contributed by atoms with Crippen molar-refractivity contribution in [3.8, 4) is 5.75 Å². The van der Waals surface area contributed by atoms with Gasteiger partial charge in [0, 0.05) is 6.04 Å². The molecular formula is C17H26N2OS. The fourth-order valence-corrected chi connectivity index (χ4v) is 3.14. The number of ether oxygens (including phenoxy) is 1. The molecule has 0 bridgehead atoms. The fraction of sp³-hybridized carbons (Fsp3) is 0.588. The van der Waals surface area contributed by atoms with E-state index >= 15 is 0 Å². The van der Waals surface area contributed by atoms with Crippen molar-refractivity contribution in [2.45, 2.75) is 57.9 Å². The molecule has 0 saturated heterocycles. The third kappa shape index (κ3) is 5.20. The summed E-state index contributed by atoms with van der Waals surface area (Å²) in [7, 11) is 1.68. The SMILES string of the molecule is COc1ccc(C)cc1NC(=S)NC1CCCCCCC1. The zero-order valence-corrected chi connectivity index (χ0v) is 13.9. The first kappa shape index (κ1) is 16.1. The van der Waals surface area contributed by atoms with Crippen LogP contribution in [0.15, 0.2) is 18.2 Å². The molecule has 21 heavy (non-hydrogen) atoms. The van der Waals surface area contributed by atoms with Crippen molar-refractivity contribution >= 4 is 23.0 Å². The second kappa shape index (κ2) is 8.23. The Kier molecular flexibility index (Phi) is 6.30. The van der Waals surface area contributed by atoms with Gasteiger partial charge in [0.1, 0.15) is 5.75 Å². The van der Waals surface area contributed by atoms with Gasteiger partial charge in [0.15, 0.2) is 5.11 Å². The lowest BCUT2D eigenvalue weighted by atomic mass is 9.97. The van der Waals surface area contributed by atoms with Gasteiger partial charge in [0.2, 0.25) is 0 Å². The average Bonchev–Trinajstić information content (AvgIpc) is 2.42. The Bertz CT molecular complexity index is 468. The molecular weight excluding hydrogens is 280 g/mol. The minimum atomic E-state index is 0.501. The molecule has 0 unspecified atom stereocenters. The lowest BCUT2D eigenvalue weighted by molar-refractivity contribution is 0.416. The van der Waals surface area contributed by atoms with Crippen molar-refractivity contribution in [2.24, 2.45) is 0 Å². The third-order valence-electron chi connectivity index (χ3n) is 4.04. The van der Waals surface area contributed by atoms with Crippen LogP contribution in [0.2, 0.25) is 0 Å². The van der Waals surface area contributed by atoms with E-state index in [1.165, 1.54) is 50.5 Å². The van der Waals surface area contributed by atoms with Crippen molar-refractivity contribution in [2.75, 3.05) is 12.4 Å². The molecule has 0 heterocycles. The van der Waals surface area contributed by atoms with Crippen LogP contribution in [0.4, 0.5) is 5.69 Å². The number of rotatable bonds is 3. The Hall–Kier alpha value is -1.29. The minimum Gasteiger partial charge on any atom is -0.495 e. The maximum absolute atomic E-state index is 5.47. The topological polar surface area (TPSA) is 33.3 Å². The van der Waals surface area contributed by atoms with Crippen LogP contribution in [-0.4, -0.2) is 18.3 Å². The van der Waals surface area contributed by atoms with Crippen molar-refractivity contribution in [1.29, 1.82) is 0 Å². The van der Waals surface area contributed by atoms with Crippen molar-refractivity contribution in [3.05, 3.63) is 23.8 Å². The zero-order valence-electron chi connectivity index (χ0n) is 13.1. The normalized spacial score (nSPS) is 16.7. The Balaban J connectivity index is 1.92. The summed E-state index contributed by atoms with van der Waals surface area (Å²) in [5.41, 5.74) is 2.12. The van der Waals surface area contributed by atoms with Crippen LogP contribution in [0.5, 0.6) is 5.75 Å². The van der Waals surface area contributed by atoms with Crippen molar-refractivity contribution < 1.29 is 4.74 Å². The van der Waals surface area contributed by atoms with Crippen LogP contribution < -0.4 is 15.4 Å². The van der Waals surface area contributed by atoms with Crippen LogP contribution in [0.25, 0.3) is 0 Å². The number of aryl methyl sites for hydroxylation is 1. The molecule has 1 aliphatic carbocycles. The Morgan fingerprint density at radius 1 is 1.14 bits per heavy atom. The molecule has 1 saturated carbocycles. The second-order valence-electron chi connectivity index (χ2n) is 5.84. The summed E-state index contributed by atoms with van der Waals surface area (Å²) < 4.78 is 5.38. The van der Waals surface area contributed by atoms with Crippen LogP contribution in [0.3, 0.4) is 0 Å². The van der Waals surface area contributed by atoms with Gasteiger partial charge in [-0.1, -0.05) is 38.2 Å². The van der Waals surface area contributed by atoms with Gasteiger partial charge in [-0.25, -0.2) is 0 Å². The largest absolute Gasteiger partial charge is 0.495 e. The zero-order chi connectivity index (χ0) is 15.1. The van der Waals surface area contributed by atoms with E-state index in [0.29, 0.717) is 11.2 Å². The summed E-state index contributed by atoms with van der Waals surface area (Å²) in [6, 6.07) is 6.57. The minimum absolute atomic E-state index is 0.501. The third-order valence-corrected chi connectivity index (χ3v) is 4.26. The lowest BCUT2D eigenvalue weighted by Crippen LogP contribution is -2.38. The summed E-state index contributed by atoms with van der Waals surface area (Å²) in [4.78, 5) is 0. The fourth-order valence-electron chi connectivity index (χ4n) is 2.86. The van der Waals surface area contributed by atoms with Gasteiger partial charge in [-0.05, 0) is 49.7 Å². The van der Waals surface area contributed by atoms with E-state index in [4.69, 9.17) is 17.0 Å². The van der Waals surface area contributed by atoms with E-state index in [1.807, 2.05) is 12.1 Å². The highest BCUT2D eigenvalue weighted by molar-refractivity contribution is 7.80.